The average Bonchev–Trinajstić information content (AvgIpc) is 3.21. The molecule has 0 aliphatic rings. The van der Waals surface area contributed by atoms with Crippen molar-refractivity contribution in [2.24, 2.45) is 0 Å². The first-order valence-electron chi connectivity index (χ1n) is 8.82. The lowest BCUT2D eigenvalue weighted by Crippen LogP contribution is -2.31. The number of rotatable bonds is 6. The predicted octanol–water partition coefficient (Wildman–Crippen LogP) is 2.95. The van der Waals surface area contributed by atoms with Gasteiger partial charge in [-0.1, -0.05) is 12.1 Å². The van der Waals surface area contributed by atoms with Gasteiger partial charge in [0.25, 0.3) is 21.8 Å². The van der Waals surface area contributed by atoms with Crippen LogP contribution >= 0.6 is 0 Å². The van der Waals surface area contributed by atoms with Crippen LogP contribution in [0.2, 0.25) is 0 Å². The predicted molar refractivity (Wildman–Crippen MR) is 107 cm³/mol. The lowest BCUT2D eigenvalue weighted by atomic mass is 10.0. The number of hydrogen-bond acceptors (Lipinski definition) is 5. The Balaban J connectivity index is 1.70. The maximum atomic E-state index is 12.5. The number of amides is 2. The van der Waals surface area contributed by atoms with Gasteiger partial charge in [-0.15, -0.1) is 0 Å². The third-order valence-corrected chi connectivity index (χ3v) is 5.85. The molecule has 1 heterocycles. The molecule has 2 amide bonds. The highest BCUT2D eigenvalue weighted by Crippen LogP contribution is 2.15. The Morgan fingerprint density at radius 3 is 2.31 bits per heavy atom. The van der Waals surface area contributed by atoms with Crippen LogP contribution in [0.4, 0.5) is 0 Å². The first-order chi connectivity index (χ1) is 13.8. The van der Waals surface area contributed by atoms with E-state index in [4.69, 9.17) is 4.42 Å². The van der Waals surface area contributed by atoms with E-state index in [0.717, 1.165) is 5.56 Å². The van der Waals surface area contributed by atoms with Gasteiger partial charge in [-0.3, -0.25) is 9.59 Å². The fourth-order valence-corrected chi connectivity index (χ4v) is 3.67. The number of aryl methyl sites for hydroxylation is 1. The van der Waals surface area contributed by atoms with Crippen LogP contribution in [0.3, 0.4) is 0 Å². The molecular formula is C21H20N2O5S. The Bertz CT molecular complexity index is 1130. The zero-order valence-corrected chi connectivity index (χ0v) is 16.7. The van der Waals surface area contributed by atoms with Gasteiger partial charge < -0.3 is 9.73 Å². The Morgan fingerprint density at radius 1 is 0.931 bits per heavy atom. The molecule has 8 heteroatoms. The summed E-state index contributed by atoms with van der Waals surface area (Å²) in [7, 11) is -4.07. The number of carbonyl (C=O) groups is 2. The van der Waals surface area contributed by atoms with Crippen LogP contribution in [-0.4, -0.2) is 20.2 Å². The number of sulfonamides is 1. The lowest BCUT2D eigenvalue weighted by molar-refractivity contribution is 0.0945. The standard InChI is InChI=1S/C21H20N2O5S/c1-14-5-3-7-19(15(14)2)21(25)23-29(26,27)18-10-8-16(9-11-18)20(24)22-13-17-6-4-12-28-17/h3-12H,13H2,1-2H3,(H,22,24)(H,23,25). The molecule has 3 rings (SSSR count). The van der Waals surface area contributed by atoms with Crippen molar-refractivity contribution < 1.29 is 22.4 Å². The third-order valence-electron chi connectivity index (χ3n) is 4.51. The summed E-state index contributed by atoms with van der Waals surface area (Å²) in [6, 6.07) is 13.9. The van der Waals surface area contributed by atoms with E-state index in [1.165, 1.54) is 30.5 Å². The minimum absolute atomic E-state index is 0.112. The lowest BCUT2D eigenvalue weighted by Gasteiger charge is -2.11. The molecule has 0 saturated heterocycles. The molecule has 0 aliphatic heterocycles. The number of benzene rings is 2. The normalized spacial score (nSPS) is 11.1. The SMILES string of the molecule is Cc1cccc(C(=O)NS(=O)(=O)c2ccc(C(=O)NCc3ccco3)cc2)c1C. The summed E-state index contributed by atoms with van der Waals surface area (Å²) in [5.74, 6) is -0.470. The summed E-state index contributed by atoms with van der Waals surface area (Å²) in [5.41, 5.74) is 2.18. The monoisotopic (exact) mass is 412 g/mol. The van der Waals surface area contributed by atoms with E-state index in [0.29, 0.717) is 16.9 Å². The van der Waals surface area contributed by atoms with Crippen LogP contribution < -0.4 is 10.0 Å². The molecule has 0 unspecified atom stereocenters. The fourth-order valence-electron chi connectivity index (χ4n) is 2.70. The van der Waals surface area contributed by atoms with Crippen LogP contribution in [-0.2, 0) is 16.6 Å². The second-order valence-corrected chi connectivity index (χ2v) is 8.15. The Labute approximate surface area is 168 Å². The van der Waals surface area contributed by atoms with E-state index >= 15 is 0 Å². The smallest absolute Gasteiger partial charge is 0.265 e. The first-order valence-corrected chi connectivity index (χ1v) is 10.3. The van der Waals surface area contributed by atoms with Gasteiger partial charge in [-0.2, -0.15) is 0 Å². The summed E-state index contributed by atoms with van der Waals surface area (Å²) in [6.45, 7) is 3.82. The summed E-state index contributed by atoms with van der Waals surface area (Å²) < 4.78 is 32.3. The molecule has 0 fully saturated rings. The van der Waals surface area contributed by atoms with Crippen molar-refractivity contribution in [2.45, 2.75) is 25.3 Å². The average molecular weight is 412 g/mol. The zero-order chi connectivity index (χ0) is 21.0. The summed E-state index contributed by atoms with van der Waals surface area (Å²) in [6.07, 6.45) is 1.51. The molecule has 0 saturated carbocycles. The largest absolute Gasteiger partial charge is 0.467 e. The van der Waals surface area contributed by atoms with E-state index in [9.17, 15) is 18.0 Å². The van der Waals surface area contributed by atoms with Crippen molar-refractivity contribution >= 4 is 21.8 Å². The molecule has 0 radical (unpaired) electrons. The Kier molecular flexibility index (Phi) is 5.84. The second kappa shape index (κ2) is 8.32. The fraction of sp³-hybridized carbons (Fsp3) is 0.143. The highest BCUT2D eigenvalue weighted by Gasteiger charge is 2.20. The molecule has 1 aromatic heterocycles. The van der Waals surface area contributed by atoms with Gasteiger partial charge in [0.2, 0.25) is 0 Å². The molecule has 2 aromatic carbocycles. The van der Waals surface area contributed by atoms with Gasteiger partial charge in [0, 0.05) is 11.1 Å². The number of hydrogen-bond donors (Lipinski definition) is 2. The van der Waals surface area contributed by atoms with E-state index in [1.54, 1.807) is 31.2 Å². The Morgan fingerprint density at radius 2 is 1.66 bits per heavy atom. The number of furan rings is 1. The van der Waals surface area contributed by atoms with Crippen LogP contribution in [0.15, 0.2) is 70.2 Å². The van der Waals surface area contributed by atoms with Crippen LogP contribution in [0.1, 0.15) is 37.6 Å². The van der Waals surface area contributed by atoms with E-state index in [-0.39, 0.29) is 22.9 Å². The molecule has 7 nitrogen and oxygen atoms in total. The van der Waals surface area contributed by atoms with Crippen molar-refractivity contribution in [3.63, 3.8) is 0 Å². The number of nitrogens with one attached hydrogen (secondary N) is 2. The highest BCUT2D eigenvalue weighted by molar-refractivity contribution is 7.90. The maximum Gasteiger partial charge on any atom is 0.265 e. The van der Waals surface area contributed by atoms with Gasteiger partial charge >= 0.3 is 0 Å². The van der Waals surface area contributed by atoms with Crippen molar-refractivity contribution in [3.8, 4) is 0 Å². The van der Waals surface area contributed by atoms with E-state index in [1.807, 2.05) is 13.0 Å². The molecule has 0 atom stereocenters. The molecule has 3 aromatic rings. The Hall–Kier alpha value is -3.39. The van der Waals surface area contributed by atoms with Crippen molar-refractivity contribution in [3.05, 3.63) is 88.9 Å². The molecule has 150 valence electrons. The number of carbonyl (C=O) groups excluding carboxylic acids is 2. The highest BCUT2D eigenvalue weighted by atomic mass is 32.2. The molecule has 0 bridgehead atoms. The third kappa shape index (κ3) is 4.72. The first kappa shape index (κ1) is 20.3. The zero-order valence-electron chi connectivity index (χ0n) is 15.9. The summed E-state index contributed by atoms with van der Waals surface area (Å²) in [4.78, 5) is 24.5. The van der Waals surface area contributed by atoms with Crippen molar-refractivity contribution in [1.29, 1.82) is 0 Å². The summed E-state index contributed by atoms with van der Waals surface area (Å²) >= 11 is 0. The maximum absolute atomic E-state index is 12.5. The van der Waals surface area contributed by atoms with Gasteiger partial charge in [-0.05, 0) is 67.4 Å². The molecule has 0 aliphatic carbocycles. The van der Waals surface area contributed by atoms with Crippen molar-refractivity contribution in [2.75, 3.05) is 0 Å². The minimum atomic E-state index is -4.07. The molecule has 29 heavy (non-hydrogen) atoms. The van der Waals surface area contributed by atoms with Crippen LogP contribution in [0, 0.1) is 13.8 Å². The quantitative estimate of drug-likeness (QED) is 0.648. The van der Waals surface area contributed by atoms with Gasteiger partial charge in [0.05, 0.1) is 17.7 Å². The molecule has 2 N–H and O–H groups in total. The van der Waals surface area contributed by atoms with Gasteiger partial charge in [-0.25, -0.2) is 13.1 Å². The summed E-state index contributed by atoms with van der Waals surface area (Å²) in [5, 5.41) is 2.67. The van der Waals surface area contributed by atoms with Crippen LogP contribution in [0.25, 0.3) is 0 Å². The topological polar surface area (TPSA) is 105 Å². The minimum Gasteiger partial charge on any atom is -0.467 e. The van der Waals surface area contributed by atoms with Crippen LogP contribution in [0.5, 0.6) is 0 Å². The molecular weight excluding hydrogens is 392 g/mol. The second-order valence-electron chi connectivity index (χ2n) is 6.47. The van der Waals surface area contributed by atoms with Crippen molar-refractivity contribution in [1.82, 2.24) is 10.0 Å². The molecule has 0 spiro atoms. The van der Waals surface area contributed by atoms with E-state index < -0.39 is 15.9 Å². The van der Waals surface area contributed by atoms with Gasteiger partial charge in [0.1, 0.15) is 5.76 Å². The van der Waals surface area contributed by atoms with Gasteiger partial charge in [0.15, 0.2) is 0 Å². The van der Waals surface area contributed by atoms with E-state index in [2.05, 4.69) is 10.0 Å².